The second-order valence-corrected chi connectivity index (χ2v) is 9.04. The number of nitrogens with zero attached hydrogens (tertiary/aromatic N) is 2. The molecule has 0 unspecified atom stereocenters. The molecule has 1 aliphatic rings. The van der Waals surface area contributed by atoms with Crippen molar-refractivity contribution in [2.75, 3.05) is 6.61 Å². The predicted octanol–water partition coefficient (Wildman–Crippen LogP) is 2.17. The van der Waals surface area contributed by atoms with Crippen LogP contribution in [0.25, 0.3) is 0 Å². The topological polar surface area (TPSA) is 103 Å². The fraction of sp³-hybridized carbons (Fsp3) is 0.241. The minimum absolute atomic E-state index is 0.0894. The number of hydrogen-bond donors (Lipinski definition) is 2. The third kappa shape index (κ3) is 4.45. The third-order valence-electron chi connectivity index (χ3n) is 6.83. The zero-order chi connectivity index (χ0) is 26.0. The molecule has 2 N–H and O–H groups in total. The van der Waals surface area contributed by atoms with E-state index in [-0.39, 0.29) is 6.61 Å². The molecule has 1 saturated heterocycles. The lowest BCUT2D eigenvalue weighted by atomic mass is 9.80. The van der Waals surface area contributed by atoms with Crippen molar-refractivity contribution in [2.45, 2.75) is 30.1 Å². The summed E-state index contributed by atoms with van der Waals surface area (Å²) in [5.74, 6) is 0. The van der Waals surface area contributed by atoms with E-state index in [0.717, 1.165) is 25.8 Å². The normalized spacial score (nSPS) is 21.7. The van der Waals surface area contributed by atoms with Crippen LogP contribution in [-0.4, -0.2) is 44.3 Å². The number of hydrogen-bond acceptors (Lipinski definition) is 6. The lowest BCUT2D eigenvalue weighted by Crippen LogP contribution is -2.41. The average molecular weight is 501 g/mol. The van der Waals surface area contributed by atoms with Crippen LogP contribution in [0.2, 0.25) is 0 Å². The van der Waals surface area contributed by atoms with Crippen LogP contribution in [0, 0.1) is 0 Å². The first-order valence-corrected chi connectivity index (χ1v) is 12.0. The molecule has 4 aromatic rings. The van der Waals surface area contributed by atoms with Crippen molar-refractivity contribution in [3.63, 3.8) is 0 Å². The highest BCUT2D eigenvalue weighted by Gasteiger charge is 2.46. The summed E-state index contributed by atoms with van der Waals surface area (Å²) in [7, 11) is 1.34. The van der Waals surface area contributed by atoms with Crippen LogP contribution in [0.15, 0.2) is 113 Å². The molecule has 0 aliphatic carbocycles. The van der Waals surface area contributed by atoms with E-state index in [1.807, 2.05) is 91.0 Å². The first kappa shape index (κ1) is 24.9. The maximum absolute atomic E-state index is 12.6. The van der Waals surface area contributed by atoms with Crippen LogP contribution in [0.3, 0.4) is 0 Å². The number of ether oxygens (including phenoxy) is 2. The minimum atomic E-state index is -1.40. The lowest BCUT2D eigenvalue weighted by Gasteiger charge is -2.37. The number of aromatic nitrogens is 2. The second-order valence-electron chi connectivity index (χ2n) is 9.04. The van der Waals surface area contributed by atoms with Crippen molar-refractivity contribution < 1.29 is 19.7 Å². The molecule has 3 aromatic carbocycles. The van der Waals surface area contributed by atoms with Gasteiger partial charge in [-0.05, 0) is 16.7 Å². The van der Waals surface area contributed by atoms with Crippen LogP contribution < -0.4 is 11.2 Å². The number of benzene rings is 3. The van der Waals surface area contributed by atoms with Gasteiger partial charge in [-0.25, -0.2) is 4.79 Å². The molecular formula is C29H28N2O6. The first-order valence-electron chi connectivity index (χ1n) is 12.0. The van der Waals surface area contributed by atoms with Crippen LogP contribution in [0.1, 0.15) is 22.9 Å². The zero-order valence-electron chi connectivity index (χ0n) is 20.3. The molecule has 1 aliphatic heterocycles. The molecule has 1 aromatic heterocycles. The monoisotopic (exact) mass is 500 g/mol. The molecule has 0 amide bonds. The van der Waals surface area contributed by atoms with Crippen molar-refractivity contribution in [2.24, 2.45) is 7.05 Å². The first-order chi connectivity index (χ1) is 17.9. The molecule has 2 heterocycles. The fourth-order valence-corrected chi connectivity index (χ4v) is 4.85. The lowest BCUT2D eigenvalue weighted by molar-refractivity contribution is -0.0960. The molecule has 8 nitrogen and oxygen atoms in total. The molecule has 37 heavy (non-hydrogen) atoms. The van der Waals surface area contributed by atoms with Gasteiger partial charge in [0.2, 0.25) is 0 Å². The van der Waals surface area contributed by atoms with Crippen LogP contribution >= 0.6 is 0 Å². The quantitative estimate of drug-likeness (QED) is 0.377. The summed E-state index contributed by atoms with van der Waals surface area (Å²) in [5.41, 5.74) is 0.470. The van der Waals surface area contributed by atoms with Crippen LogP contribution in [0.5, 0.6) is 0 Å². The Kier molecular flexibility index (Phi) is 6.90. The smallest absolute Gasteiger partial charge is 0.332 e. The average Bonchev–Trinajstić information content (AvgIpc) is 3.22. The molecule has 8 heteroatoms. The van der Waals surface area contributed by atoms with Gasteiger partial charge in [0.25, 0.3) is 5.56 Å². The molecule has 4 atom stereocenters. The molecule has 5 rings (SSSR count). The molecule has 0 saturated carbocycles. The SMILES string of the molecule is Cn1c(=O)ccn([C@@H]2O[C@H](COC(c3ccccc3)(c3ccccc3)c3ccccc3)[C@@H](O)[C@H]2O)c1=O. The summed E-state index contributed by atoms with van der Waals surface area (Å²) in [6.45, 7) is -0.0894. The third-order valence-corrected chi connectivity index (χ3v) is 6.83. The summed E-state index contributed by atoms with van der Waals surface area (Å²) < 4.78 is 14.7. The van der Waals surface area contributed by atoms with E-state index in [0.29, 0.717) is 0 Å². The van der Waals surface area contributed by atoms with Crippen molar-refractivity contribution in [3.05, 3.63) is 141 Å². The molecule has 0 radical (unpaired) electrons. The largest absolute Gasteiger partial charge is 0.387 e. The molecule has 0 spiro atoms. The summed E-state index contributed by atoms with van der Waals surface area (Å²) in [6, 6.07) is 30.5. The highest BCUT2D eigenvalue weighted by Crippen LogP contribution is 2.41. The second kappa shape index (κ2) is 10.3. The predicted molar refractivity (Wildman–Crippen MR) is 137 cm³/mol. The zero-order valence-corrected chi connectivity index (χ0v) is 20.3. The van der Waals surface area contributed by atoms with E-state index in [1.165, 1.54) is 19.3 Å². The van der Waals surface area contributed by atoms with Crippen molar-refractivity contribution in [1.29, 1.82) is 0 Å². The Labute approximate surface area is 213 Å². The Hall–Kier alpha value is -3.82. The molecule has 190 valence electrons. The Morgan fingerprint density at radius 1 is 0.784 bits per heavy atom. The van der Waals surface area contributed by atoms with Gasteiger partial charge in [-0.15, -0.1) is 0 Å². The van der Waals surface area contributed by atoms with Crippen LogP contribution in [-0.2, 0) is 22.1 Å². The van der Waals surface area contributed by atoms with Crippen molar-refractivity contribution in [1.82, 2.24) is 9.13 Å². The van der Waals surface area contributed by atoms with E-state index in [2.05, 4.69) is 0 Å². The van der Waals surface area contributed by atoms with Gasteiger partial charge in [0, 0.05) is 19.3 Å². The van der Waals surface area contributed by atoms with Gasteiger partial charge < -0.3 is 19.7 Å². The van der Waals surface area contributed by atoms with Gasteiger partial charge in [0.1, 0.15) is 23.9 Å². The van der Waals surface area contributed by atoms with Gasteiger partial charge in [-0.3, -0.25) is 13.9 Å². The van der Waals surface area contributed by atoms with Gasteiger partial charge in [-0.2, -0.15) is 0 Å². The Morgan fingerprint density at radius 3 is 1.76 bits per heavy atom. The van der Waals surface area contributed by atoms with E-state index in [1.54, 1.807) is 0 Å². The van der Waals surface area contributed by atoms with Gasteiger partial charge in [0.05, 0.1) is 6.61 Å². The molecule has 1 fully saturated rings. The van der Waals surface area contributed by atoms with Crippen molar-refractivity contribution in [3.8, 4) is 0 Å². The van der Waals surface area contributed by atoms with E-state index >= 15 is 0 Å². The number of rotatable bonds is 7. The highest BCUT2D eigenvalue weighted by atomic mass is 16.6. The minimum Gasteiger partial charge on any atom is -0.387 e. The van der Waals surface area contributed by atoms with Crippen LogP contribution in [0.4, 0.5) is 0 Å². The molecular weight excluding hydrogens is 472 g/mol. The summed E-state index contributed by atoms with van der Waals surface area (Å²) in [6.07, 6.45) is -3.59. The molecule has 0 bridgehead atoms. The number of aliphatic hydroxyl groups is 2. The van der Waals surface area contributed by atoms with Crippen molar-refractivity contribution >= 4 is 0 Å². The van der Waals surface area contributed by atoms with Gasteiger partial charge in [0.15, 0.2) is 6.23 Å². The maximum atomic E-state index is 12.6. The standard InChI is InChI=1S/C29H28N2O6/c1-30-24(32)17-18-31(28(30)35)27-26(34)25(33)23(37-27)19-36-29(20-11-5-2-6-12-20,21-13-7-3-8-14-21)22-15-9-4-10-16-22/h2-18,23,25-27,33-34H,19H2,1H3/t23-,25-,26-,27-/m1/s1. The van der Waals surface area contributed by atoms with Gasteiger partial charge >= 0.3 is 5.69 Å². The summed E-state index contributed by atoms with van der Waals surface area (Å²) in [4.78, 5) is 24.4. The Balaban J connectivity index is 1.53. The Morgan fingerprint density at radius 2 is 1.27 bits per heavy atom. The maximum Gasteiger partial charge on any atom is 0.332 e. The summed E-state index contributed by atoms with van der Waals surface area (Å²) in [5, 5.41) is 21.6. The van der Waals surface area contributed by atoms with E-state index in [4.69, 9.17) is 9.47 Å². The van der Waals surface area contributed by atoms with Gasteiger partial charge in [-0.1, -0.05) is 91.0 Å². The van der Waals surface area contributed by atoms with E-state index in [9.17, 15) is 19.8 Å². The number of aliphatic hydroxyl groups excluding tert-OH is 2. The van der Waals surface area contributed by atoms with E-state index < -0.39 is 41.4 Å². The highest BCUT2D eigenvalue weighted by molar-refractivity contribution is 5.47. The Bertz CT molecular complexity index is 1360. The fourth-order valence-electron chi connectivity index (χ4n) is 4.85. The summed E-state index contributed by atoms with van der Waals surface area (Å²) >= 11 is 0.